The number of anilines is 1. The molecule has 6 nitrogen and oxygen atoms in total. The number of nitrogens with zero attached hydrogens (tertiary/aromatic N) is 2. The molecule has 2 N–H and O–H groups in total. The highest BCUT2D eigenvalue weighted by Gasteiger charge is 2.15. The quantitative estimate of drug-likeness (QED) is 0.854. The maximum absolute atomic E-state index is 11.8. The fourth-order valence-electron chi connectivity index (χ4n) is 1.90. The predicted molar refractivity (Wildman–Crippen MR) is 74.2 cm³/mol. The van der Waals surface area contributed by atoms with Crippen LogP contribution in [-0.4, -0.2) is 56.3 Å². The third-order valence-corrected chi connectivity index (χ3v) is 3.11. The van der Waals surface area contributed by atoms with Gasteiger partial charge in [-0.05, 0) is 31.3 Å². The van der Waals surface area contributed by atoms with E-state index in [1.807, 2.05) is 29.3 Å². The summed E-state index contributed by atoms with van der Waals surface area (Å²) >= 11 is 0. The normalized spacial score (nSPS) is 16.9. The van der Waals surface area contributed by atoms with Crippen LogP contribution in [0.2, 0.25) is 0 Å². The zero-order chi connectivity index (χ0) is 13.7. The van der Waals surface area contributed by atoms with E-state index in [4.69, 9.17) is 4.74 Å². The highest BCUT2D eigenvalue weighted by atomic mass is 16.5. The Morgan fingerprint density at radius 3 is 2.37 bits per heavy atom. The SMILES string of the molecule is COc1ccc(NC(=O)NN2CCN(C)CC2)cc1. The van der Waals surface area contributed by atoms with Gasteiger partial charge in [0.05, 0.1) is 7.11 Å². The molecule has 1 fully saturated rings. The van der Waals surface area contributed by atoms with Crippen molar-refractivity contribution >= 4 is 11.7 Å². The summed E-state index contributed by atoms with van der Waals surface area (Å²) in [6, 6.07) is 7.02. The number of likely N-dealkylation sites (N-methyl/N-ethyl adjacent to an activating group) is 1. The Morgan fingerprint density at radius 2 is 1.79 bits per heavy atom. The standard InChI is InChI=1S/C13H20N4O2/c1-16-7-9-17(10-8-16)15-13(18)14-11-3-5-12(19-2)6-4-11/h3-6H,7-10H2,1-2H3,(H2,14,15,18). The number of amides is 2. The topological polar surface area (TPSA) is 56.8 Å². The Hall–Kier alpha value is -1.79. The van der Waals surface area contributed by atoms with E-state index in [1.165, 1.54) is 0 Å². The van der Waals surface area contributed by atoms with Crippen molar-refractivity contribution in [2.45, 2.75) is 0 Å². The van der Waals surface area contributed by atoms with Crippen molar-refractivity contribution in [2.75, 3.05) is 45.7 Å². The zero-order valence-corrected chi connectivity index (χ0v) is 11.3. The Kier molecular flexibility index (Phi) is 4.59. The van der Waals surface area contributed by atoms with Gasteiger partial charge in [0.1, 0.15) is 5.75 Å². The molecule has 1 aromatic carbocycles. The van der Waals surface area contributed by atoms with Crippen LogP contribution in [0.15, 0.2) is 24.3 Å². The average Bonchev–Trinajstić information content (AvgIpc) is 2.42. The van der Waals surface area contributed by atoms with Crippen LogP contribution in [0.3, 0.4) is 0 Å². The lowest BCUT2D eigenvalue weighted by molar-refractivity contribution is 0.116. The van der Waals surface area contributed by atoms with Gasteiger partial charge in [0.25, 0.3) is 0 Å². The molecule has 0 aliphatic carbocycles. The maximum atomic E-state index is 11.8. The first-order valence-electron chi connectivity index (χ1n) is 6.32. The smallest absolute Gasteiger partial charge is 0.333 e. The second-order valence-electron chi connectivity index (χ2n) is 4.58. The molecule has 2 rings (SSSR count). The summed E-state index contributed by atoms with van der Waals surface area (Å²) in [5, 5.41) is 4.72. The molecule has 1 saturated heterocycles. The summed E-state index contributed by atoms with van der Waals surface area (Å²) < 4.78 is 5.06. The molecular formula is C13H20N4O2. The van der Waals surface area contributed by atoms with Crippen molar-refractivity contribution in [3.8, 4) is 5.75 Å². The van der Waals surface area contributed by atoms with Crippen LogP contribution in [0.4, 0.5) is 10.5 Å². The van der Waals surface area contributed by atoms with Crippen molar-refractivity contribution in [3.63, 3.8) is 0 Å². The third-order valence-electron chi connectivity index (χ3n) is 3.11. The van der Waals surface area contributed by atoms with Gasteiger partial charge < -0.3 is 15.0 Å². The van der Waals surface area contributed by atoms with E-state index in [1.54, 1.807) is 7.11 Å². The fourth-order valence-corrected chi connectivity index (χ4v) is 1.90. The Balaban J connectivity index is 1.80. The summed E-state index contributed by atoms with van der Waals surface area (Å²) in [4.78, 5) is 14.0. The molecule has 1 aliphatic heterocycles. The molecular weight excluding hydrogens is 244 g/mol. The van der Waals surface area contributed by atoms with E-state index in [2.05, 4.69) is 22.7 Å². The molecule has 6 heteroatoms. The van der Waals surface area contributed by atoms with E-state index in [0.29, 0.717) is 0 Å². The number of carbonyl (C=O) groups is 1. The number of methoxy groups -OCH3 is 1. The molecule has 0 unspecified atom stereocenters. The van der Waals surface area contributed by atoms with E-state index in [-0.39, 0.29) is 6.03 Å². The Morgan fingerprint density at radius 1 is 1.16 bits per heavy atom. The molecule has 0 bridgehead atoms. The second-order valence-corrected chi connectivity index (χ2v) is 4.58. The van der Waals surface area contributed by atoms with Crippen LogP contribution in [-0.2, 0) is 0 Å². The van der Waals surface area contributed by atoms with E-state index in [0.717, 1.165) is 37.6 Å². The summed E-state index contributed by atoms with van der Waals surface area (Å²) in [5.41, 5.74) is 3.58. The van der Waals surface area contributed by atoms with Gasteiger partial charge in [0.15, 0.2) is 0 Å². The van der Waals surface area contributed by atoms with Crippen LogP contribution < -0.4 is 15.5 Å². The number of nitrogens with one attached hydrogen (secondary N) is 2. The fraction of sp³-hybridized carbons (Fsp3) is 0.462. The second kappa shape index (κ2) is 6.40. The summed E-state index contributed by atoms with van der Waals surface area (Å²) in [5.74, 6) is 0.769. The number of hydrazine groups is 1. The van der Waals surface area contributed by atoms with E-state index < -0.39 is 0 Å². The highest BCUT2D eigenvalue weighted by Crippen LogP contribution is 2.14. The molecule has 19 heavy (non-hydrogen) atoms. The van der Waals surface area contributed by atoms with E-state index >= 15 is 0 Å². The number of rotatable bonds is 3. The first kappa shape index (κ1) is 13.6. The van der Waals surface area contributed by atoms with Gasteiger partial charge in [-0.3, -0.25) is 5.43 Å². The van der Waals surface area contributed by atoms with E-state index in [9.17, 15) is 4.79 Å². The van der Waals surface area contributed by atoms with Crippen molar-refractivity contribution in [3.05, 3.63) is 24.3 Å². The maximum Gasteiger partial charge on any atom is 0.333 e. The van der Waals surface area contributed by atoms with Gasteiger partial charge in [-0.2, -0.15) is 0 Å². The summed E-state index contributed by atoms with van der Waals surface area (Å²) in [7, 11) is 3.69. The van der Waals surface area contributed by atoms with Crippen LogP contribution in [0.1, 0.15) is 0 Å². The van der Waals surface area contributed by atoms with Crippen LogP contribution in [0.25, 0.3) is 0 Å². The summed E-state index contributed by atoms with van der Waals surface area (Å²) in [6.07, 6.45) is 0. The van der Waals surface area contributed by atoms with Gasteiger partial charge >= 0.3 is 6.03 Å². The molecule has 0 saturated carbocycles. The molecule has 0 spiro atoms. The predicted octanol–water partition coefficient (Wildman–Crippen LogP) is 0.979. The number of benzene rings is 1. The Labute approximate surface area is 113 Å². The molecule has 0 aromatic heterocycles. The molecule has 2 amide bonds. The van der Waals surface area contributed by atoms with Crippen molar-refractivity contribution < 1.29 is 9.53 Å². The molecule has 1 aromatic rings. The lowest BCUT2D eigenvalue weighted by Crippen LogP contribution is -2.53. The minimum absolute atomic E-state index is 0.213. The zero-order valence-electron chi connectivity index (χ0n) is 11.3. The number of hydrogen-bond donors (Lipinski definition) is 2. The lowest BCUT2D eigenvalue weighted by atomic mass is 10.3. The number of ether oxygens (including phenoxy) is 1. The van der Waals surface area contributed by atoms with Gasteiger partial charge in [-0.1, -0.05) is 0 Å². The number of urea groups is 1. The van der Waals surface area contributed by atoms with Gasteiger partial charge in [0, 0.05) is 31.9 Å². The van der Waals surface area contributed by atoms with Gasteiger partial charge in [-0.25, -0.2) is 9.80 Å². The number of piperazine rings is 1. The van der Waals surface area contributed by atoms with Crippen LogP contribution >= 0.6 is 0 Å². The van der Waals surface area contributed by atoms with Crippen molar-refractivity contribution in [2.24, 2.45) is 0 Å². The largest absolute Gasteiger partial charge is 0.497 e. The monoisotopic (exact) mass is 264 g/mol. The highest BCUT2D eigenvalue weighted by molar-refractivity contribution is 5.88. The minimum atomic E-state index is -0.213. The molecule has 0 radical (unpaired) electrons. The first-order chi connectivity index (χ1) is 9.17. The van der Waals surface area contributed by atoms with Crippen molar-refractivity contribution in [1.29, 1.82) is 0 Å². The molecule has 0 atom stereocenters. The molecule has 104 valence electrons. The Bertz CT molecular complexity index is 413. The molecule has 1 heterocycles. The number of carbonyl (C=O) groups excluding carboxylic acids is 1. The summed E-state index contributed by atoms with van der Waals surface area (Å²) in [6.45, 7) is 3.60. The first-order valence-corrected chi connectivity index (χ1v) is 6.32. The van der Waals surface area contributed by atoms with Crippen LogP contribution in [0.5, 0.6) is 5.75 Å². The van der Waals surface area contributed by atoms with Crippen LogP contribution in [0, 0.1) is 0 Å². The minimum Gasteiger partial charge on any atom is -0.497 e. The van der Waals surface area contributed by atoms with Crippen molar-refractivity contribution in [1.82, 2.24) is 15.3 Å². The van der Waals surface area contributed by atoms with Gasteiger partial charge in [0.2, 0.25) is 0 Å². The third kappa shape index (κ3) is 4.11. The average molecular weight is 264 g/mol. The number of hydrogen-bond acceptors (Lipinski definition) is 4. The lowest BCUT2D eigenvalue weighted by Gasteiger charge is -2.32. The molecule has 1 aliphatic rings. The van der Waals surface area contributed by atoms with Gasteiger partial charge in [-0.15, -0.1) is 0 Å².